The predicted molar refractivity (Wildman–Crippen MR) is 220 cm³/mol. The number of thiazole rings is 1. The lowest BCUT2D eigenvalue weighted by Gasteiger charge is -2.47. The van der Waals surface area contributed by atoms with Gasteiger partial charge in [-0.2, -0.15) is 0 Å². The summed E-state index contributed by atoms with van der Waals surface area (Å²) in [5.74, 6) is -5.05. The summed E-state index contributed by atoms with van der Waals surface area (Å²) in [5, 5.41) is 31.1. The summed E-state index contributed by atoms with van der Waals surface area (Å²) < 4.78 is 32.4. The number of fused-ring (bicyclic) bond motifs is 5. The van der Waals surface area contributed by atoms with E-state index in [0.29, 0.717) is 23.6 Å². The highest BCUT2D eigenvalue weighted by Gasteiger charge is 2.53. The maximum absolute atomic E-state index is 14.5. The molecule has 0 unspecified atom stereocenters. The van der Waals surface area contributed by atoms with Crippen molar-refractivity contribution < 1.29 is 53.1 Å². The van der Waals surface area contributed by atoms with Gasteiger partial charge in [0.05, 0.1) is 49.0 Å². The Hall–Kier alpha value is -3.55. The molecule has 3 fully saturated rings. The normalized spacial score (nSPS) is 38.0. The molecule has 2 aromatic heterocycles. The van der Waals surface area contributed by atoms with E-state index in [0.717, 1.165) is 5.01 Å². The molecule has 0 spiro atoms. The molecule has 1 amide bonds. The number of carbonyl (C=O) groups is 3. The Labute approximate surface area is 350 Å². The molecule has 3 aliphatic rings. The number of rotatable bonds is 7. The van der Waals surface area contributed by atoms with Crippen molar-refractivity contribution in [2.45, 2.75) is 136 Å². The fourth-order valence-corrected chi connectivity index (χ4v) is 9.25. The van der Waals surface area contributed by atoms with Gasteiger partial charge in [0.1, 0.15) is 34.4 Å². The lowest BCUT2D eigenvalue weighted by molar-refractivity contribution is -0.296. The van der Waals surface area contributed by atoms with Crippen LogP contribution in [0.25, 0.3) is 10.7 Å². The second kappa shape index (κ2) is 19.4. The Balaban J connectivity index is 1.67. The van der Waals surface area contributed by atoms with Crippen LogP contribution in [-0.2, 0) is 38.1 Å². The van der Waals surface area contributed by atoms with E-state index in [2.05, 4.69) is 20.1 Å². The summed E-state index contributed by atoms with van der Waals surface area (Å²) in [5.41, 5.74) is -1.95. The molecule has 0 radical (unpaired) electrons. The maximum Gasteiger partial charge on any atom is 0.316 e. The number of carbonyl (C=O) groups excluding carboxylic acids is 3. The van der Waals surface area contributed by atoms with Crippen LogP contribution in [0.1, 0.15) is 81.6 Å². The predicted octanol–water partition coefficient (Wildman–Crippen LogP) is 4.50. The first-order valence-electron chi connectivity index (χ1n) is 20.3. The van der Waals surface area contributed by atoms with E-state index in [4.69, 9.17) is 28.5 Å². The van der Waals surface area contributed by atoms with Crippen molar-refractivity contribution in [3.63, 3.8) is 0 Å². The molecular weight excluding hydrogens is 783 g/mol. The number of esters is 1. The number of aliphatic hydroxyl groups excluding tert-OH is 1. The number of cyclic esters (lactones) is 1. The quantitative estimate of drug-likeness (QED) is 0.224. The Morgan fingerprint density at radius 1 is 1.08 bits per heavy atom. The lowest BCUT2D eigenvalue weighted by Crippen LogP contribution is -2.60. The fraction of sp³-hybridized carbons (Fsp3) is 0.690. The number of likely N-dealkylation sites (N-methyl/N-ethyl adjacent to an activating group) is 1. The minimum Gasteiger partial charge on any atom is -0.459 e. The largest absolute Gasteiger partial charge is 0.459 e. The van der Waals surface area contributed by atoms with Gasteiger partial charge in [0.25, 0.3) is 0 Å². The van der Waals surface area contributed by atoms with E-state index in [1.54, 1.807) is 46.0 Å². The molecule has 0 saturated carbocycles. The average Bonchev–Trinajstić information content (AvgIpc) is 3.73. The number of Topliss-reactive ketones (excluding diaryl/α,β-unsaturated/α-hetero) is 1. The van der Waals surface area contributed by atoms with Gasteiger partial charge in [0.2, 0.25) is 5.91 Å². The van der Waals surface area contributed by atoms with Crippen LogP contribution in [0.15, 0.2) is 40.1 Å². The molecule has 0 aliphatic carbocycles. The third-order valence-electron chi connectivity index (χ3n) is 11.8. The molecule has 3 saturated heterocycles. The van der Waals surface area contributed by atoms with Crippen LogP contribution in [0.2, 0.25) is 0 Å². The van der Waals surface area contributed by atoms with Gasteiger partial charge in [-0.25, -0.2) is 15.0 Å². The minimum atomic E-state index is -1.86. The number of hydrogen-bond acceptors (Lipinski definition) is 16. The number of nitrogens with zero attached hydrogens (tertiary/aromatic N) is 5. The van der Waals surface area contributed by atoms with Gasteiger partial charge in [0.15, 0.2) is 17.8 Å². The SMILES string of the molecule is CC[C@H]1OC(=O)[C@H](C)C(=O)[C@H](C)[C@@H](O[C@@H]2O[C@H](C)C[C@H](N(C)C)[C@H]2O)[C@@]2(C)C[C@@H](C)C(=NC(C)=O)[C@H](C)[C@H](OC/C(=N\Oc3ccc(-c4nccs4)nc3)CO2)[C@]1(C)O. The molecule has 3 aliphatic heterocycles. The molecule has 326 valence electrons. The van der Waals surface area contributed by atoms with Crippen LogP contribution >= 0.6 is 11.3 Å². The summed E-state index contributed by atoms with van der Waals surface area (Å²) in [7, 11) is 3.73. The highest BCUT2D eigenvalue weighted by atomic mass is 32.1. The van der Waals surface area contributed by atoms with E-state index < -0.39 is 83.2 Å². The Morgan fingerprint density at radius 2 is 1.81 bits per heavy atom. The van der Waals surface area contributed by atoms with Crippen molar-refractivity contribution in [2.24, 2.45) is 33.8 Å². The first kappa shape index (κ1) is 46.5. The van der Waals surface area contributed by atoms with Crippen LogP contribution in [0.5, 0.6) is 5.75 Å². The summed E-state index contributed by atoms with van der Waals surface area (Å²) >= 11 is 1.45. The number of oxime groups is 1. The number of aromatic nitrogens is 2. The molecule has 16 nitrogen and oxygen atoms in total. The molecule has 2 aromatic rings. The Kier molecular flexibility index (Phi) is 15.3. The number of amides is 1. The highest BCUT2D eigenvalue weighted by molar-refractivity contribution is 7.13. The molecule has 5 rings (SSSR count). The van der Waals surface area contributed by atoms with Gasteiger partial charge < -0.3 is 43.6 Å². The zero-order chi connectivity index (χ0) is 43.4. The lowest BCUT2D eigenvalue weighted by atomic mass is 9.73. The second-order valence-corrected chi connectivity index (χ2v) is 17.7. The highest BCUT2D eigenvalue weighted by Crippen LogP contribution is 2.40. The number of aliphatic imine (C=N–C) groups is 1. The second-order valence-electron chi connectivity index (χ2n) is 16.8. The van der Waals surface area contributed by atoms with Crippen LogP contribution in [0.4, 0.5) is 0 Å². The molecule has 0 aromatic carbocycles. The topological polar surface area (TPSA) is 201 Å². The van der Waals surface area contributed by atoms with Crippen LogP contribution < -0.4 is 4.84 Å². The van der Waals surface area contributed by atoms with Crippen molar-refractivity contribution in [1.29, 1.82) is 0 Å². The number of hydrogen-bond donors (Lipinski definition) is 2. The number of pyridine rings is 1. The zero-order valence-electron chi connectivity index (χ0n) is 36.0. The average molecular weight is 844 g/mol. The minimum absolute atomic E-state index is 0.127. The van der Waals surface area contributed by atoms with E-state index >= 15 is 0 Å². The van der Waals surface area contributed by atoms with Gasteiger partial charge in [-0.3, -0.25) is 14.4 Å². The standard InChI is InChI=1S/C42H61N5O11S/c1-12-32-42(9,52)37-24(4)33(45-27(7)48)22(2)18-41(8,54-21-28(20-53-37)46-58-29-13-14-30(44-19-29)38-43-15-16-59-38)36(25(5)34(49)26(6)39(51)56-32)57-40-35(50)31(47(10)11)17-23(3)55-40/h13-16,19,22-26,31-32,35-37,40,50,52H,12,17-18,20-21H2,1-11H3/b45-33?,46-28+/t22-,23-,24+,25+,26-,31+,32-,35-,36-,37+,40+,41-,42-/m1/s1. The summed E-state index contributed by atoms with van der Waals surface area (Å²) in [6, 6.07) is 3.14. The van der Waals surface area contributed by atoms with E-state index in [-0.39, 0.29) is 43.9 Å². The molecule has 2 bridgehead atoms. The van der Waals surface area contributed by atoms with Crippen molar-refractivity contribution in [2.75, 3.05) is 27.3 Å². The molecule has 13 atom stereocenters. The van der Waals surface area contributed by atoms with Crippen molar-refractivity contribution in [1.82, 2.24) is 14.9 Å². The number of aliphatic hydroxyl groups is 2. The van der Waals surface area contributed by atoms with Gasteiger partial charge in [0, 0.05) is 42.1 Å². The maximum atomic E-state index is 14.5. The molecular formula is C42H61N5O11S. The van der Waals surface area contributed by atoms with Crippen molar-refractivity contribution in [3.05, 3.63) is 29.9 Å². The molecule has 59 heavy (non-hydrogen) atoms. The molecule has 5 heterocycles. The van der Waals surface area contributed by atoms with Crippen LogP contribution in [0.3, 0.4) is 0 Å². The zero-order valence-corrected chi connectivity index (χ0v) is 36.8. The van der Waals surface area contributed by atoms with E-state index in [1.165, 1.54) is 38.3 Å². The first-order chi connectivity index (χ1) is 27.8. The van der Waals surface area contributed by atoms with Gasteiger partial charge in [-0.1, -0.05) is 32.9 Å². The number of ether oxygens (including phenoxy) is 5. The van der Waals surface area contributed by atoms with Crippen LogP contribution in [0, 0.1) is 23.7 Å². The van der Waals surface area contributed by atoms with Gasteiger partial charge in [-0.05, 0) is 79.1 Å². The third-order valence-corrected chi connectivity index (χ3v) is 12.6. The summed E-state index contributed by atoms with van der Waals surface area (Å²) in [6.45, 7) is 14.6. The van der Waals surface area contributed by atoms with Crippen LogP contribution in [-0.4, -0.2) is 136 Å². The fourth-order valence-electron chi connectivity index (χ4n) is 8.63. The monoisotopic (exact) mass is 843 g/mol. The third kappa shape index (κ3) is 10.7. The number of ketones is 1. The Bertz CT molecular complexity index is 1820. The molecule has 2 N–H and O–H groups in total. The summed E-state index contributed by atoms with van der Waals surface area (Å²) in [4.78, 5) is 62.3. The van der Waals surface area contributed by atoms with Crippen molar-refractivity contribution in [3.8, 4) is 16.5 Å². The summed E-state index contributed by atoms with van der Waals surface area (Å²) in [6.07, 6.45) is -1.96. The molecule has 17 heteroatoms. The van der Waals surface area contributed by atoms with Gasteiger partial charge >= 0.3 is 5.97 Å². The first-order valence-corrected chi connectivity index (χ1v) is 21.2. The van der Waals surface area contributed by atoms with E-state index in [9.17, 15) is 24.6 Å². The Morgan fingerprint density at radius 3 is 2.42 bits per heavy atom. The van der Waals surface area contributed by atoms with Gasteiger partial charge in [-0.15, -0.1) is 11.3 Å². The van der Waals surface area contributed by atoms with Crippen molar-refractivity contribution >= 4 is 40.4 Å². The smallest absolute Gasteiger partial charge is 0.316 e. The van der Waals surface area contributed by atoms with E-state index in [1.807, 2.05) is 38.2 Å².